The molecule has 16 heteroatoms. The first kappa shape index (κ1) is 62.2. The van der Waals surface area contributed by atoms with Gasteiger partial charge in [0.1, 0.15) is 13.3 Å². The molecule has 0 spiro atoms. The Bertz CT molecular complexity index is 1630. The molecule has 2 nitrogen and oxygen atoms in total. The third-order valence-corrected chi connectivity index (χ3v) is 6.74. The van der Waals surface area contributed by atoms with Gasteiger partial charge in [0.05, 0.1) is 0 Å². The molecule has 0 aromatic heterocycles. The summed E-state index contributed by atoms with van der Waals surface area (Å²) in [7, 11) is 28.8. The van der Waals surface area contributed by atoms with Gasteiger partial charge >= 0.3 is 0 Å². The van der Waals surface area contributed by atoms with Crippen molar-refractivity contribution >= 4 is 79.5 Å². The van der Waals surface area contributed by atoms with Crippen molar-refractivity contribution < 1.29 is 234 Å². The first-order chi connectivity index (χ1) is 20.0. The van der Waals surface area contributed by atoms with Crippen molar-refractivity contribution in [1.29, 1.82) is 0 Å². The number of allylic oxidation sites excluding steroid dienone is 5. The Balaban J connectivity index is -0.000000922. The quantitative estimate of drug-likeness (QED) is 0.0976. The molecule has 1 aliphatic carbocycles. The summed E-state index contributed by atoms with van der Waals surface area (Å²) in [5.74, 6) is 14.0. The number of benzene rings is 2. The average molecular weight is 1150 g/mol. The van der Waals surface area contributed by atoms with Crippen molar-refractivity contribution in [3.63, 3.8) is 0 Å². The zero-order valence-electron chi connectivity index (χ0n) is 29.0. The van der Waals surface area contributed by atoms with Gasteiger partial charge in [-0.05, 0) is 74.9 Å². The number of nitrogens with zero attached hydrogens (tertiary/aromatic N) is 2. The van der Waals surface area contributed by atoms with Crippen LogP contribution in [0.25, 0.3) is 0 Å². The Morgan fingerprint density at radius 3 is 2.16 bits per heavy atom. The Morgan fingerprint density at radius 2 is 1.59 bits per heavy atom. The predicted octanol–water partition coefficient (Wildman–Crippen LogP) is 1.66. The summed E-state index contributed by atoms with van der Waals surface area (Å²) in [5, 5.41) is 0. The molecule has 49 heavy (non-hydrogen) atoms. The summed E-state index contributed by atoms with van der Waals surface area (Å²) in [5.41, 5.74) is 7.01. The molecule has 0 fully saturated rings. The number of hydrogen-bond acceptors (Lipinski definition) is 1. The second kappa shape index (κ2) is 32.0. The molecule has 0 N–H and O–H groups in total. The zero-order valence-corrected chi connectivity index (χ0v) is 48.9. The maximum absolute atomic E-state index is 6.11. The monoisotopic (exact) mass is 1150 g/mol. The maximum atomic E-state index is 6.11. The van der Waals surface area contributed by atoms with Gasteiger partial charge in [0.2, 0.25) is 0 Å². The Morgan fingerprint density at radius 1 is 0.980 bits per heavy atom. The summed E-state index contributed by atoms with van der Waals surface area (Å²) >= 11 is 0. The molecule has 2 aromatic carbocycles. The average Bonchev–Trinajstić information content (AvgIpc) is 2.96. The molecule has 0 unspecified atom stereocenters. The first-order valence-electron chi connectivity index (χ1n) is 13.5. The van der Waals surface area contributed by atoms with Crippen LogP contribution in [0.15, 0.2) is 53.6 Å². The summed E-state index contributed by atoms with van der Waals surface area (Å²) in [4.78, 5) is 1.86. The molecule has 1 aliphatic rings. The SMILES string of the molecule is [B][B]B([B])c1c[c-]c(N(C)[C-]=CC2=CC(=C[C-]=[N+](C)c3[c-]cc(B([B])[B])c(C#CC)c3)CC(C)(C)C2)cc1C#CC#C.[Y].[Y].[Y].[Y].[Y].[Y].[Y]. The molecule has 0 saturated heterocycles. The molecule has 0 atom stereocenters. The van der Waals surface area contributed by atoms with E-state index in [4.69, 9.17) is 37.4 Å². The third kappa shape index (κ3) is 20.8. The van der Waals surface area contributed by atoms with Gasteiger partial charge in [-0.2, -0.15) is 58.6 Å². The summed E-state index contributed by atoms with van der Waals surface area (Å²) in [6, 6.07) is 13.9. The Hall–Kier alpha value is 3.99. The molecule has 0 saturated carbocycles. The van der Waals surface area contributed by atoms with E-state index in [2.05, 4.69) is 74.1 Å². The van der Waals surface area contributed by atoms with Crippen molar-refractivity contribution in [2.45, 2.75) is 33.6 Å². The van der Waals surface area contributed by atoms with E-state index in [1.165, 1.54) is 7.06 Å². The fourth-order valence-electron chi connectivity index (χ4n) is 4.67. The molecule has 214 valence electrons. The summed E-state index contributed by atoms with van der Waals surface area (Å²) in [6.07, 6.45) is 20.1. The molecular weight excluding hydrogens is 1120 g/mol. The topological polar surface area (TPSA) is 6.25 Å². The van der Waals surface area contributed by atoms with E-state index in [9.17, 15) is 0 Å². The Labute approximate surface area is 480 Å². The fourth-order valence-corrected chi connectivity index (χ4v) is 4.67. The smallest absolute Gasteiger partial charge is 0.113 e. The molecule has 0 aliphatic heterocycles. The molecule has 0 heterocycles. The normalized spacial score (nSPS) is 12.9. The van der Waals surface area contributed by atoms with Gasteiger partial charge in [0.25, 0.3) is 0 Å². The van der Waals surface area contributed by atoms with E-state index in [1.54, 1.807) is 19.1 Å². The van der Waals surface area contributed by atoms with E-state index in [0.717, 1.165) is 51.9 Å². The van der Waals surface area contributed by atoms with E-state index >= 15 is 0 Å². The second-order valence-corrected chi connectivity index (χ2v) is 10.9. The molecule has 16 radical (unpaired) electrons. The van der Waals surface area contributed by atoms with Crippen LogP contribution in [0.4, 0.5) is 11.4 Å². The minimum Gasteiger partial charge on any atom is -0.479 e. The van der Waals surface area contributed by atoms with Gasteiger partial charge in [0, 0.05) is 242 Å². The standard InChI is InChI=1S/C33H27B7N2.7Y/c1-7-9-11-28-22-30(13-15-32(28)40(37)38-34)42(6)19-17-26-20-25(23-33(3,4)24-26)16-18-41(5)29-12-14-31(39(35)36)27(21-29)10-8-2;;;;;;;/h1,14-17,20-22H,23-24H2,2-6H3;;;;;;;/q-3;;;;;;;. The summed E-state index contributed by atoms with van der Waals surface area (Å²) in [6.45, 7) is 5.22. The van der Waals surface area contributed by atoms with Crippen LogP contribution in [0.1, 0.15) is 44.7 Å². The number of anilines is 1. The number of rotatable bonds is 8. The van der Waals surface area contributed by atoms with E-state index in [1.807, 2.05) is 47.9 Å². The van der Waals surface area contributed by atoms with E-state index < -0.39 is 13.0 Å². The largest absolute Gasteiger partial charge is 0.479 e. The van der Waals surface area contributed by atoms with E-state index in [-0.39, 0.29) is 234 Å². The molecule has 0 bridgehead atoms. The van der Waals surface area contributed by atoms with Gasteiger partial charge in [-0.1, -0.05) is 49.7 Å². The van der Waals surface area contributed by atoms with E-state index in [0.29, 0.717) is 5.56 Å². The molecular formula is C33H27B7N2Y7-3. The zero-order chi connectivity index (χ0) is 30.9. The number of terminal acetylenes is 1. The number of hydrogen-bond donors (Lipinski definition) is 0. The minimum absolute atomic E-state index is 0. The van der Waals surface area contributed by atoms with Gasteiger partial charge in [-0.3, -0.25) is 0 Å². The minimum atomic E-state index is -0.613. The van der Waals surface area contributed by atoms with Crippen molar-refractivity contribution in [2.75, 3.05) is 19.0 Å². The molecule has 3 rings (SSSR count). The van der Waals surface area contributed by atoms with Crippen molar-refractivity contribution in [3.05, 3.63) is 83.1 Å². The van der Waals surface area contributed by atoms with Crippen LogP contribution >= 0.6 is 0 Å². The second-order valence-electron chi connectivity index (χ2n) is 10.9. The molecule has 0 amide bonds. The van der Waals surface area contributed by atoms with Gasteiger partial charge in [0.15, 0.2) is 0 Å². The van der Waals surface area contributed by atoms with Crippen molar-refractivity contribution in [2.24, 2.45) is 5.41 Å². The van der Waals surface area contributed by atoms with Gasteiger partial charge < -0.3 is 9.48 Å². The predicted molar refractivity (Wildman–Crippen MR) is 185 cm³/mol. The van der Waals surface area contributed by atoms with Crippen LogP contribution in [0.3, 0.4) is 0 Å². The van der Waals surface area contributed by atoms with Crippen LogP contribution in [-0.4, -0.2) is 75.9 Å². The summed E-state index contributed by atoms with van der Waals surface area (Å²) < 4.78 is 1.89. The maximum Gasteiger partial charge on any atom is 0.113 e. The molecule has 2 aromatic rings. The van der Waals surface area contributed by atoms with Crippen LogP contribution in [0.2, 0.25) is 0 Å². The van der Waals surface area contributed by atoms with Crippen molar-refractivity contribution in [1.82, 2.24) is 0 Å². The van der Waals surface area contributed by atoms with Crippen LogP contribution in [-0.2, 0) is 229 Å². The Kier molecular flexibility index (Phi) is 40.6. The van der Waals surface area contributed by atoms with Gasteiger partial charge in [-0.15, -0.1) is 36.3 Å². The van der Waals surface area contributed by atoms with Crippen LogP contribution in [0, 0.1) is 59.8 Å². The van der Waals surface area contributed by atoms with Crippen LogP contribution < -0.4 is 15.8 Å². The van der Waals surface area contributed by atoms with Crippen molar-refractivity contribution in [3.8, 4) is 36.0 Å². The fraction of sp³-hybridized carbons (Fsp3) is 0.242. The van der Waals surface area contributed by atoms with Crippen LogP contribution in [0.5, 0.6) is 0 Å². The third-order valence-electron chi connectivity index (χ3n) is 6.74. The van der Waals surface area contributed by atoms with Gasteiger partial charge in [-0.25, -0.2) is 6.07 Å². The first-order valence-corrected chi connectivity index (χ1v) is 13.5.